The van der Waals surface area contributed by atoms with Gasteiger partial charge in [-0.1, -0.05) is 0 Å². The maximum absolute atomic E-state index is 13.3. The van der Waals surface area contributed by atoms with Crippen LogP contribution in [0.25, 0.3) is 10.9 Å². The molecule has 1 aromatic carbocycles. The van der Waals surface area contributed by atoms with Gasteiger partial charge in [-0.15, -0.1) is 0 Å². The van der Waals surface area contributed by atoms with Crippen LogP contribution >= 0.6 is 0 Å². The number of aromatic amines is 1. The molecule has 1 aromatic heterocycles. The molecular weight excluding hydrogens is 482 g/mol. The van der Waals surface area contributed by atoms with Crippen molar-refractivity contribution in [2.75, 3.05) is 71.8 Å². The number of nitrogens with zero attached hydrogens (tertiary/aromatic N) is 4. The summed E-state index contributed by atoms with van der Waals surface area (Å²) in [5.74, 6) is -0.135. The molecule has 196 valence electrons. The molecule has 3 fully saturated rings. The smallest absolute Gasteiger partial charge is 0.270 e. The molecule has 0 radical (unpaired) electrons. The standard InChI is InChI=1S/C25H35N5O5S/c1-36(33,34)30-13-11-29(12-14-30)25(32)23-18-20-17-19(3-4-22(20)26-23)24(31)28-8-2-7-27(9-10-28)21-5-15-35-16-6-21/h3-4,17-18,21,26H,2,5-16H2,1H3. The van der Waals surface area contributed by atoms with E-state index in [2.05, 4.69) is 9.88 Å². The number of aromatic nitrogens is 1. The van der Waals surface area contributed by atoms with Crippen molar-refractivity contribution in [2.45, 2.75) is 25.3 Å². The van der Waals surface area contributed by atoms with Crippen molar-refractivity contribution in [1.82, 2.24) is 24.0 Å². The van der Waals surface area contributed by atoms with Crippen molar-refractivity contribution in [3.05, 3.63) is 35.5 Å². The topological polar surface area (TPSA) is 106 Å². The molecule has 2 amide bonds. The fraction of sp³-hybridized carbons (Fsp3) is 0.600. The molecule has 4 heterocycles. The fourth-order valence-corrected chi connectivity index (χ4v) is 6.34. The van der Waals surface area contributed by atoms with Gasteiger partial charge in [-0.2, -0.15) is 4.31 Å². The number of carbonyl (C=O) groups excluding carboxylic acids is 2. The van der Waals surface area contributed by atoms with Crippen LogP contribution in [-0.2, 0) is 14.8 Å². The summed E-state index contributed by atoms with van der Waals surface area (Å²) in [7, 11) is -3.25. The van der Waals surface area contributed by atoms with Gasteiger partial charge in [0.1, 0.15) is 5.69 Å². The van der Waals surface area contributed by atoms with Crippen LogP contribution in [0.2, 0.25) is 0 Å². The van der Waals surface area contributed by atoms with Crippen LogP contribution in [0.15, 0.2) is 24.3 Å². The second kappa shape index (κ2) is 10.5. The largest absolute Gasteiger partial charge is 0.381 e. The van der Waals surface area contributed by atoms with Crippen LogP contribution in [0.4, 0.5) is 0 Å². The van der Waals surface area contributed by atoms with E-state index in [1.165, 1.54) is 10.6 Å². The number of H-pyrrole nitrogens is 1. The first-order valence-corrected chi connectivity index (χ1v) is 14.6. The van der Waals surface area contributed by atoms with Gasteiger partial charge in [0.25, 0.3) is 11.8 Å². The molecule has 1 N–H and O–H groups in total. The molecule has 3 aliphatic rings. The third-order valence-corrected chi connectivity index (χ3v) is 8.92. The Balaban J connectivity index is 1.23. The number of hydrogen-bond donors (Lipinski definition) is 1. The maximum atomic E-state index is 13.3. The highest BCUT2D eigenvalue weighted by Crippen LogP contribution is 2.22. The van der Waals surface area contributed by atoms with Crippen molar-refractivity contribution in [3.8, 4) is 0 Å². The van der Waals surface area contributed by atoms with Gasteiger partial charge in [-0.3, -0.25) is 14.5 Å². The molecule has 3 aliphatic heterocycles. The minimum absolute atomic E-state index is 0.0247. The second-order valence-electron chi connectivity index (χ2n) is 9.96. The summed E-state index contributed by atoms with van der Waals surface area (Å²) in [6.45, 7) is 6.29. The third-order valence-electron chi connectivity index (χ3n) is 7.62. The van der Waals surface area contributed by atoms with Crippen molar-refractivity contribution < 1.29 is 22.7 Å². The minimum atomic E-state index is -3.25. The molecule has 3 saturated heterocycles. The first kappa shape index (κ1) is 25.2. The zero-order valence-corrected chi connectivity index (χ0v) is 21.6. The second-order valence-corrected chi connectivity index (χ2v) is 11.9. The predicted molar refractivity (Wildman–Crippen MR) is 137 cm³/mol. The van der Waals surface area contributed by atoms with Crippen LogP contribution in [0.3, 0.4) is 0 Å². The molecule has 5 rings (SSSR count). The van der Waals surface area contributed by atoms with E-state index < -0.39 is 10.0 Å². The van der Waals surface area contributed by atoms with Gasteiger partial charge in [0.2, 0.25) is 10.0 Å². The fourth-order valence-electron chi connectivity index (χ4n) is 5.51. The number of hydrogen-bond acceptors (Lipinski definition) is 6. The Kier molecular flexibility index (Phi) is 7.34. The number of benzene rings is 1. The Hall–Kier alpha value is -2.47. The summed E-state index contributed by atoms with van der Waals surface area (Å²) in [6.07, 6.45) is 4.27. The van der Waals surface area contributed by atoms with E-state index in [1.54, 1.807) is 11.0 Å². The van der Waals surface area contributed by atoms with Gasteiger partial charge >= 0.3 is 0 Å². The van der Waals surface area contributed by atoms with E-state index in [9.17, 15) is 18.0 Å². The molecule has 11 heteroatoms. The number of fused-ring (bicyclic) bond motifs is 1. The Labute approximate surface area is 212 Å². The van der Waals surface area contributed by atoms with E-state index in [1.807, 2.05) is 23.1 Å². The first-order valence-electron chi connectivity index (χ1n) is 12.8. The lowest BCUT2D eigenvalue weighted by molar-refractivity contribution is 0.0351. The van der Waals surface area contributed by atoms with Crippen LogP contribution in [-0.4, -0.2) is 122 Å². The van der Waals surface area contributed by atoms with Crippen molar-refractivity contribution in [1.29, 1.82) is 0 Å². The number of sulfonamides is 1. The number of nitrogens with one attached hydrogen (secondary N) is 1. The number of ether oxygens (including phenoxy) is 1. The summed E-state index contributed by atoms with van der Waals surface area (Å²) >= 11 is 0. The molecule has 0 unspecified atom stereocenters. The van der Waals surface area contributed by atoms with E-state index in [0.29, 0.717) is 50.0 Å². The Morgan fingerprint density at radius 3 is 2.31 bits per heavy atom. The van der Waals surface area contributed by atoms with Crippen molar-refractivity contribution in [2.24, 2.45) is 0 Å². The van der Waals surface area contributed by atoms with Crippen molar-refractivity contribution >= 4 is 32.7 Å². The molecule has 10 nitrogen and oxygen atoms in total. The molecule has 0 bridgehead atoms. The molecular formula is C25H35N5O5S. The highest BCUT2D eigenvalue weighted by atomic mass is 32.2. The van der Waals surface area contributed by atoms with E-state index in [0.717, 1.165) is 63.0 Å². The summed E-state index contributed by atoms with van der Waals surface area (Å²) in [5.41, 5.74) is 1.87. The highest BCUT2D eigenvalue weighted by Gasteiger charge is 2.28. The molecule has 36 heavy (non-hydrogen) atoms. The lowest BCUT2D eigenvalue weighted by atomic mass is 10.1. The SMILES string of the molecule is CS(=O)(=O)N1CCN(C(=O)c2cc3cc(C(=O)N4CCCN(C5CCOCC5)CC4)ccc3[nH]2)CC1. The molecule has 0 aliphatic carbocycles. The Bertz CT molecular complexity index is 1210. The van der Waals surface area contributed by atoms with Gasteiger partial charge in [0, 0.05) is 88.1 Å². The molecule has 2 aromatic rings. The third kappa shape index (κ3) is 5.44. The molecule has 0 spiro atoms. The van der Waals surface area contributed by atoms with Gasteiger partial charge in [0.05, 0.1) is 6.26 Å². The average Bonchev–Trinajstić information content (AvgIpc) is 3.16. The van der Waals surface area contributed by atoms with Crippen LogP contribution < -0.4 is 0 Å². The van der Waals surface area contributed by atoms with Crippen molar-refractivity contribution in [3.63, 3.8) is 0 Å². The van der Waals surface area contributed by atoms with Crippen LogP contribution in [0.5, 0.6) is 0 Å². The van der Waals surface area contributed by atoms with E-state index in [4.69, 9.17) is 4.74 Å². The number of carbonyl (C=O) groups is 2. The summed E-state index contributed by atoms with van der Waals surface area (Å²) in [6, 6.07) is 7.87. The number of piperazine rings is 1. The normalized spacial score (nSPS) is 21.6. The first-order chi connectivity index (χ1) is 17.3. The lowest BCUT2D eigenvalue weighted by Gasteiger charge is -2.33. The van der Waals surface area contributed by atoms with Crippen LogP contribution in [0, 0.1) is 0 Å². The van der Waals surface area contributed by atoms with E-state index >= 15 is 0 Å². The van der Waals surface area contributed by atoms with Gasteiger partial charge in [0.15, 0.2) is 0 Å². The van der Waals surface area contributed by atoms with Gasteiger partial charge < -0.3 is 19.5 Å². The monoisotopic (exact) mass is 517 g/mol. The Morgan fingerprint density at radius 1 is 0.889 bits per heavy atom. The average molecular weight is 518 g/mol. The van der Waals surface area contributed by atoms with Crippen LogP contribution in [0.1, 0.15) is 40.1 Å². The summed E-state index contributed by atoms with van der Waals surface area (Å²) in [4.78, 5) is 35.6. The summed E-state index contributed by atoms with van der Waals surface area (Å²) in [5, 5.41) is 0.817. The lowest BCUT2D eigenvalue weighted by Crippen LogP contribution is -2.50. The van der Waals surface area contributed by atoms with Gasteiger partial charge in [-0.05, 0) is 43.5 Å². The molecule has 0 saturated carbocycles. The quantitative estimate of drug-likeness (QED) is 0.654. The van der Waals surface area contributed by atoms with Gasteiger partial charge in [-0.25, -0.2) is 8.42 Å². The zero-order chi connectivity index (χ0) is 25.3. The molecule has 0 atom stereocenters. The summed E-state index contributed by atoms with van der Waals surface area (Å²) < 4.78 is 30.4. The Morgan fingerprint density at radius 2 is 1.58 bits per heavy atom. The highest BCUT2D eigenvalue weighted by molar-refractivity contribution is 7.88. The predicted octanol–water partition coefficient (Wildman–Crippen LogP) is 1.21. The maximum Gasteiger partial charge on any atom is 0.270 e. The van der Waals surface area contributed by atoms with E-state index in [-0.39, 0.29) is 11.8 Å². The zero-order valence-electron chi connectivity index (χ0n) is 20.8. The number of rotatable bonds is 4. The minimum Gasteiger partial charge on any atom is -0.381 e. The number of amides is 2.